The molecule has 3 aromatic carbocycles. The Hall–Kier alpha value is -3.22. The number of rotatable bonds is 1. The van der Waals surface area contributed by atoms with Gasteiger partial charge in [0.2, 0.25) is 0 Å². The summed E-state index contributed by atoms with van der Waals surface area (Å²) < 4.78 is 0. The van der Waals surface area contributed by atoms with Crippen LogP contribution in [0.1, 0.15) is 101 Å². The summed E-state index contributed by atoms with van der Waals surface area (Å²) in [6.45, 7) is 18.7. The van der Waals surface area contributed by atoms with Crippen molar-refractivity contribution in [2.75, 3.05) is 0 Å². The van der Waals surface area contributed by atoms with E-state index in [2.05, 4.69) is 94.7 Å². The fourth-order valence-electron chi connectivity index (χ4n) is 2.51. The maximum absolute atomic E-state index is 3.22. The Bertz CT molecular complexity index is 994. The summed E-state index contributed by atoms with van der Waals surface area (Å²) >= 11 is 0. The molecular weight excluding hydrogens is 396 g/mol. The van der Waals surface area contributed by atoms with Crippen LogP contribution >= 0.6 is 0 Å². The lowest BCUT2D eigenvalue weighted by Crippen LogP contribution is -1.86. The highest BCUT2D eigenvalue weighted by molar-refractivity contribution is 5.48. The molecule has 174 valence electrons. The molecule has 0 saturated heterocycles. The van der Waals surface area contributed by atoms with Gasteiger partial charge >= 0.3 is 0 Å². The Balaban J connectivity index is 0.00000132. The average Bonchev–Trinajstić information content (AvgIpc) is 2.86. The van der Waals surface area contributed by atoms with Crippen molar-refractivity contribution in [3.63, 3.8) is 0 Å². The van der Waals surface area contributed by atoms with Crippen molar-refractivity contribution in [1.82, 2.24) is 0 Å². The van der Waals surface area contributed by atoms with Crippen LogP contribution < -0.4 is 0 Å². The van der Waals surface area contributed by atoms with Gasteiger partial charge in [-0.15, -0.1) is 0 Å². The van der Waals surface area contributed by atoms with Crippen LogP contribution in [0.2, 0.25) is 0 Å². The first kappa shape index (κ1) is 29.8. The second kappa shape index (κ2) is 18.4. The second-order valence-corrected chi connectivity index (χ2v) is 7.43. The molecule has 0 radical (unpaired) electrons. The first-order valence-electron chi connectivity index (χ1n) is 12.3. The van der Waals surface area contributed by atoms with Gasteiger partial charge in [-0.1, -0.05) is 115 Å². The highest BCUT2D eigenvalue weighted by atomic mass is 14.0. The number of aryl methyl sites for hydroxylation is 1. The Morgan fingerprint density at radius 3 is 1.03 bits per heavy atom. The molecule has 0 aliphatic rings. The molecule has 0 nitrogen and oxygen atoms in total. The van der Waals surface area contributed by atoms with Gasteiger partial charge in [0.15, 0.2) is 0 Å². The number of hydrogen-bond acceptors (Lipinski definition) is 0. The van der Waals surface area contributed by atoms with Crippen LogP contribution in [0, 0.1) is 30.6 Å². The van der Waals surface area contributed by atoms with E-state index in [1.54, 1.807) is 0 Å². The molecule has 0 N–H and O–H groups in total. The molecule has 0 aliphatic carbocycles. The predicted molar refractivity (Wildman–Crippen MR) is 149 cm³/mol. The van der Waals surface area contributed by atoms with Crippen molar-refractivity contribution >= 4 is 0 Å². The molecule has 0 fully saturated rings. The molecule has 0 aliphatic heterocycles. The summed E-state index contributed by atoms with van der Waals surface area (Å²) in [5.41, 5.74) is 6.66. The van der Waals surface area contributed by atoms with Crippen molar-refractivity contribution in [2.45, 2.75) is 74.7 Å². The van der Waals surface area contributed by atoms with E-state index < -0.39 is 0 Å². The third-order valence-corrected chi connectivity index (χ3v) is 4.22. The van der Waals surface area contributed by atoms with E-state index in [0.29, 0.717) is 5.92 Å². The van der Waals surface area contributed by atoms with Gasteiger partial charge in [-0.3, -0.25) is 0 Å². The van der Waals surface area contributed by atoms with Crippen molar-refractivity contribution in [3.8, 4) is 23.7 Å². The SMILES string of the molecule is CC.CC.CCC.Cc1ccc(C#Cc2ccc(C#Cc3ccc(C(C)C)cc3)cc2)cc1. The molecule has 3 rings (SSSR count). The zero-order chi connectivity index (χ0) is 25.1. The quantitative estimate of drug-likeness (QED) is 0.332. The van der Waals surface area contributed by atoms with Crippen LogP contribution in [0.25, 0.3) is 0 Å². The molecule has 0 atom stereocenters. The van der Waals surface area contributed by atoms with Gasteiger partial charge in [0.05, 0.1) is 0 Å². The lowest BCUT2D eigenvalue weighted by molar-refractivity contribution is 0.866. The maximum Gasteiger partial charge on any atom is 0.0249 e. The van der Waals surface area contributed by atoms with Gasteiger partial charge in [-0.25, -0.2) is 0 Å². The number of benzene rings is 3. The molecule has 0 spiro atoms. The van der Waals surface area contributed by atoms with Crippen LogP contribution in [-0.4, -0.2) is 0 Å². The van der Waals surface area contributed by atoms with Crippen molar-refractivity contribution in [2.24, 2.45) is 0 Å². The Morgan fingerprint density at radius 1 is 0.515 bits per heavy atom. The van der Waals surface area contributed by atoms with Gasteiger partial charge < -0.3 is 0 Å². The van der Waals surface area contributed by atoms with Gasteiger partial charge in [0, 0.05) is 22.3 Å². The van der Waals surface area contributed by atoms with Crippen LogP contribution in [-0.2, 0) is 0 Å². The Kier molecular flexibility index (Phi) is 16.6. The standard InChI is InChI=1S/C26H22.C3H8.2C2H6/c1-20(2)26-18-16-25(17-19-26)15-14-24-12-10-23(11-13-24)9-8-22-6-4-21(3)5-7-22;1-3-2;2*1-2/h4-7,10-13,16-20H,1-3H3;3H2,1-2H3;2*1-2H3. The van der Waals surface area contributed by atoms with Gasteiger partial charge in [-0.2, -0.15) is 0 Å². The lowest BCUT2D eigenvalue weighted by Gasteiger charge is -2.03. The minimum Gasteiger partial charge on any atom is -0.0683 e. The summed E-state index contributed by atoms with van der Waals surface area (Å²) in [7, 11) is 0. The van der Waals surface area contributed by atoms with E-state index in [0.717, 1.165) is 22.3 Å². The van der Waals surface area contributed by atoms with Gasteiger partial charge in [0.1, 0.15) is 0 Å². The van der Waals surface area contributed by atoms with E-state index in [1.807, 2.05) is 64.1 Å². The third-order valence-electron chi connectivity index (χ3n) is 4.22. The van der Waals surface area contributed by atoms with Crippen LogP contribution in [0.3, 0.4) is 0 Å². The molecule has 0 heterocycles. The van der Waals surface area contributed by atoms with Crippen LogP contribution in [0.15, 0.2) is 72.8 Å². The minimum absolute atomic E-state index is 0.547. The predicted octanol–water partition coefficient (Wildman–Crippen LogP) is 9.39. The normalized spacial score (nSPS) is 8.67. The molecule has 0 aromatic heterocycles. The van der Waals surface area contributed by atoms with Crippen molar-refractivity contribution in [1.29, 1.82) is 0 Å². The Labute approximate surface area is 204 Å². The van der Waals surface area contributed by atoms with Crippen molar-refractivity contribution in [3.05, 3.63) is 106 Å². The summed E-state index contributed by atoms with van der Waals surface area (Å²) in [5.74, 6) is 13.4. The molecule has 0 bridgehead atoms. The van der Waals surface area contributed by atoms with Crippen LogP contribution in [0.4, 0.5) is 0 Å². The Morgan fingerprint density at radius 2 is 0.758 bits per heavy atom. The molecule has 0 saturated carbocycles. The largest absolute Gasteiger partial charge is 0.0683 e. The average molecular weight is 439 g/mol. The van der Waals surface area contributed by atoms with Gasteiger partial charge in [-0.05, 0) is 66.9 Å². The van der Waals surface area contributed by atoms with E-state index in [-0.39, 0.29) is 0 Å². The smallest absolute Gasteiger partial charge is 0.0249 e. The fourth-order valence-corrected chi connectivity index (χ4v) is 2.51. The molecule has 0 amide bonds. The second-order valence-electron chi connectivity index (χ2n) is 7.43. The summed E-state index contributed by atoms with van der Waals surface area (Å²) in [5, 5.41) is 0. The summed E-state index contributed by atoms with van der Waals surface area (Å²) in [4.78, 5) is 0. The highest BCUT2D eigenvalue weighted by Gasteiger charge is 1.97. The first-order valence-corrected chi connectivity index (χ1v) is 12.3. The topological polar surface area (TPSA) is 0 Å². The van der Waals surface area contributed by atoms with E-state index in [9.17, 15) is 0 Å². The van der Waals surface area contributed by atoms with Crippen LogP contribution in [0.5, 0.6) is 0 Å². The molecule has 0 heteroatoms. The fraction of sp³-hybridized carbons (Fsp3) is 0.333. The zero-order valence-corrected chi connectivity index (χ0v) is 22.2. The van der Waals surface area contributed by atoms with E-state index >= 15 is 0 Å². The highest BCUT2D eigenvalue weighted by Crippen LogP contribution is 2.14. The molecule has 0 unspecified atom stereocenters. The molecule has 33 heavy (non-hydrogen) atoms. The van der Waals surface area contributed by atoms with E-state index in [1.165, 1.54) is 17.5 Å². The van der Waals surface area contributed by atoms with Crippen molar-refractivity contribution < 1.29 is 0 Å². The third kappa shape index (κ3) is 12.4. The number of hydrogen-bond donors (Lipinski definition) is 0. The zero-order valence-electron chi connectivity index (χ0n) is 22.2. The maximum atomic E-state index is 3.22. The molecule has 3 aromatic rings. The summed E-state index contributed by atoms with van der Waals surface area (Å²) in [6, 6.07) is 24.8. The summed E-state index contributed by atoms with van der Waals surface area (Å²) in [6.07, 6.45) is 1.25. The first-order chi connectivity index (χ1) is 16.0. The van der Waals surface area contributed by atoms with E-state index in [4.69, 9.17) is 0 Å². The molecular formula is C33H42. The lowest BCUT2D eigenvalue weighted by atomic mass is 10.0. The van der Waals surface area contributed by atoms with Gasteiger partial charge in [0.25, 0.3) is 0 Å². The monoisotopic (exact) mass is 438 g/mol. The minimum atomic E-state index is 0.547.